The van der Waals surface area contributed by atoms with Crippen molar-refractivity contribution in [2.24, 2.45) is 34.5 Å². The van der Waals surface area contributed by atoms with Crippen molar-refractivity contribution in [1.29, 1.82) is 0 Å². The molecular formula is C33H54O5Si. The molecule has 0 radical (unpaired) electrons. The quantitative estimate of drug-likeness (QED) is 0.149. The molecule has 1 saturated heterocycles. The van der Waals surface area contributed by atoms with Gasteiger partial charge in [-0.3, -0.25) is 4.79 Å². The Labute approximate surface area is 239 Å². The maximum Gasteiger partial charge on any atom is 0.334 e. The third-order valence-corrected chi connectivity index (χ3v) is 10.5. The number of ether oxygens (including phenoxy) is 2. The number of carbonyl (C=O) groups is 2. The summed E-state index contributed by atoms with van der Waals surface area (Å²) in [6.07, 6.45) is 14.5. The van der Waals surface area contributed by atoms with Gasteiger partial charge < -0.3 is 13.9 Å². The zero-order chi connectivity index (χ0) is 29.0. The highest BCUT2D eigenvalue weighted by Gasteiger charge is 2.47. The van der Waals surface area contributed by atoms with Crippen LogP contribution in [0.25, 0.3) is 0 Å². The van der Waals surface area contributed by atoms with Crippen molar-refractivity contribution < 1.29 is 23.5 Å². The number of rotatable bonds is 11. The molecule has 0 bridgehead atoms. The van der Waals surface area contributed by atoms with Crippen LogP contribution in [0.5, 0.6) is 0 Å². The second kappa shape index (κ2) is 13.3. The number of cyclic esters (lactones) is 1. The Morgan fingerprint density at radius 3 is 2.54 bits per heavy atom. The van der Waals surface area contributed by atoms with E-state index in [2.05, 4.69) is 79.4 Å². The predicted octanol–water partition coefficient (Wildman–Crippen LogP) is 7.57. The molecule has 0 aromatic carbocycles. The molecule has 6 heteroatoms. The molecule has 1 unspecified atom stereocenters. The van der Waals surface area contributed by atoms with Gasteiger partial charge in [-0.15, -0.1) is 6.58 Å². The van der Waals surface area contributed by atoms with Crippen LogP contribution in [0.2, 0.25) is 13.1 Å². The summed E-state index contributed by atoms with van der Waals surface area (Å²) < 4.78 is 18.6. The maximum absolute atomic E-state index is 13.6. The van der Waals surface area contributed by atoms with Gasteiger partial charge in [-0.1, -0.05) is 65.8 Å². The van der Waals surface area contributed by atoms with E-state index in [9.17, 15) is 9.59 Å². The molecule has 2 aliphatic carbocycles. The minimum absolute atomic E-state index is 0.0441. The van der Waals surface area contributed by atoms with E-state index in [1.54, 1.807) is 0 Å². The second-order valence-electron chi connectivity index (χ2n) is 13.6. The zero-order valence-electron chi connectivity index (χ0n) is 25.8. The first-order chi connectivity index (χ1) is 18.4. The van der Waals surface area contributed by atoms with Gasteiger partial charge in [-0.05, 0) is 87.3 Å². The minimum atomic E-state index is -1.39. The summed E-state index contributed by atoms with van der Waals surface area (Å²) in [7, 11) is -1.39. The molecule has 1 fully saturated rings. The summed E-state index contributed by atoms with van der Waals surface area (Å²) in [5, 5.41) is 0. The van der Waals surface area contributed by atoms with Crippen molar-refractivity contribution in [1.82, 2.24) is 0 Å². The predicted molar refractivity (Wildman–Crippen MR) is 161 cm³/mol. The average molecular weight is 559 g/mol. The lowest BCUT2D eigenvalue weighted by atomic mass is 9.66. The minimum Gasteiger partial charge on any atom is -0.461 e. The molecule has 3 rings (SSSR count). The van der Waals surface area contributed by atoms with Crippen LogP contribution >= 0.6 is 0 Å². The van der Waals surface area contributed by atoms with E-state index in [-0.39, 0.29) is 41.4 Å². The molecule has 0 aromatic rings. The average Bonchev–Trinajstić information content (AvgIpc) is 2.87. The molecule has 1 heterocycles. The van der Waals surface area contributed by atoms with Gasteiger partial charge in [0.05, 0.1) is 5.41 Å². The highest BCUT2D eigenvalue weighted by Crippen LogP contribution is 2.46. The Balaban J connectivity index is 1.78. The monoisotopic (exact) mass is 558 g/mol. The van der Waals surface area contributed by atoms with Gasteiger partial charge in [0.15, 0.2) is 9.04 Å². The van der Waals surface area contributed by atoms with Crippen molar-refractivity contribution in [3.05, 3.63) is 36.5 Å². The summed E-state index contributed by atoms with van der Waals surface area (Å²) in [6.45, 7) is 21.2. The maximum atomic E-state index is 13.6. The lowest BCUT2D eigenvalue weighted by Crippen LogP contribution is -2.50. The lowest BCUT2D eigenvalue weighted by Gasteiger charge is -2.45. The van der Waals surface area contributed by atoms with Gasteiger partial charge in [0.2, 0.25) is 0 Å². The van der Waals surface area contributed by atoms with Crippen LogP contribution < -0.4 is 0 Å². The van der Waals surface area contributed by atoms with Crippen LogP contribution in [0.3, 0.4) is 0 Å². The van der Waals surface area contributed by atoms with Crippen molar-refractivity contribution in [2.45, 2.75) is 124 Å². The van der Waals surface area contributed by atoms with E-state index in [4.69, 9.17) is 13.9 Å². The van der Waals surface area contributed by atoms with E-state index >= 15 is 0 Å². The molecule has 0 amide bonds. The normalized spacial score (nSPS) is 30.3. The van der Waals surface area contributed by atoms with Crippen LogP contribution in [-0.4, -0.2) is 39.3 Å². The fraction of sp³-hybridized carbons (Fsp3) is 0.758. The first kappa shape index (κ1) is 31.9. The van der Waals surface area contributed by atoms with Crippen molar-refractivity contribution >= 4 is 21.0 Å². The molecule has 0 spiro atoms. The summed E-state index contributed by atoms with van der Waals surface area (Å²) in [6, 6.07) is 0. The molecule has 1 aliphatic heterocycles. The van der Waals surface area contributed by atoms with Crippen LogP contribution in [0.15, 0.2) is 36.5 Å². The number of allylic oxidation sites excluding steroid dienone is 4. The van der Waals surface area contributed by atoms with E-state index in [0.717, 1.165) is 44.9 Å². The van der Waals surface area contributed by atoms with E-state index in [1.807, 2.05) is 6.08 Å². The van der Waals surface area contributed by atoms with Gasteiger partial charge in [-0.25, -0.2) is 4.79 Å². The Morgan fingerprint density at radius 1 is 1.26 bits per heavy atom. The largest absolute Gasteiger partial charge is 0.461 e. The van der Waals surface area contributed by atoms with Crippen LogP contribution in [0.1, 0.15) is 92.9 Å². The van der Waals surface area contributed by atoms with E-state index < -0.39 is 20.6 Å². The number of carbonyl (C=O) groups excluding carboxylic acids is 2. The van der Waals surface area contributed by atoms with Crippen molar-refractivity contribution in [2.75, 3.05) is 0 Å². The summed E-state index contributed by atoms with van der Waals surface area (Å²) in [5.74, 6) is 0.698. The third-order valence-electron chi connectivity index (χ3n) is 9.67. The van der Waals surface area contributed by atoms with Gasteiger partial charge in [0, 0.05) is 11.8 Å². The van der Waals surface area contributed by atoms with Crippen LogP contribution in [0, 0.1) is 34.5 Å². The summed E-state index contributed by atoms with van der Waals surface area (Å²) in [5.41, 5.74) is 0.759. The van der Waals surface area contributed by atoms with Gasteiger partial charge in [0.1, 0.15) is 18.3 Å². The summed E-state index contributed by atoms with van der Waals surface area (Å²) >= 11 is 0. The molecule has 0 saturated carbocycles. The van der Waals surface area contributed by atoms with Crippen LogP contribution in [0.4, 0.5) is 0 Å². The molecule has 3 aliphatic rings. The standard InChI is InChI=1S/C33H54O5Si/c1-10-19-33(11-2,12-3)31(35)37-27-18-14-16-23-15-13-17-25(28(23)27)22(4)20-24-21-26(32(5,6)7)29(30(34)36-24)38-39(8)9/h10,13,15-16,22,24-29,39H,1,11-12,14,17-21H2,2-9H3/t22-,24+,25-,26-,27-,28-,29?/m0/s1. The van der Waals surface area contributed by atoms with Crippen LogP contribution in [-0.2, 0) is 23.5 Å². The molecule has 5 nitrogen and oxygen atoms in total. The molecular weight excluding hydrogens is 504 g/mol. The molecule has 39 heavy (non-hydrogen) atoms. The highest BCUT2D eigenvalue weighted by molar-refractivity contribution is 6.48. The number of hydrogen-bond acceptors (Lipinski definition) is 5. The smallest absolute Gasteiger partial charge is 0.334 e. The fourth-order valence-electron chi connectivity index (χ4n) is 7.16. The SMILES string of the molecule is C=CCC(CC)(CC)C(=O)O[C@H]1CCC=C2C=CC[C@@H]([C@@H](C)C[C@@H]3C[C@H](C(C)(C)C)C(O[SiH](C)C)C(=O)O3)[C@H]21. The molecule has 220 valence electrons. The first-order valence-electron chi connectivity index (χ1n) is 15.4. The third kappa shape index (κ3) is 7.35. The van der Waals surface area contributed by atoms with E-state index in [1.165, 1.54) is 5.57 Å². The van der Waals surface area contributed by atoms with Crippen molar-refractivity contribution in [3.63, 3.8) is 0 Å². The lowest BCUT2D eigenvalue weighted by molar-refractivity contribution is -0.178. The first-order valence-corrected chi connectivity index (χ1v) is 18.2. The highest BCUT2D eigenvalue weighted by atomic mass is 28.3. The Bertz CT molecular complexity index is 925. The molecule has 7 atom stereocenters. The topological polar surface area (TPSA) is 61.8 Å². The van der Waals surface area contributed by atoms with Gasteiger partial charge in [-0.2, -0.15) is 0 Å². The van der Waals surface area contributed by atoms with Gasteiger partial charge in [0.25, 0.3) is 0 Å². The van der Waals surface area contributed by atoms with E-state index in [0.29, 0.717) is 18.3 Å². The zero-order valence-corrected chi connectivity index (χ0v) is 27.0. The number of esters is 2. The van der Waals surface area contributed by atoms with Gasteiger partial charge >= 0.3 is 11.9 Å². The Morgan fingerprint density at radius 2 is 1.95 bits per heavy atom. The second-order valence-corrected chi connectivity index (χ2v) is 16.0. The number of fused-ring (bicyclic) bond motifs is 1. The van der Waals surface area contributed by atoms with Crippen molar-refractivity contribution in [3.8, 4) is 0 Å². The molecule has 0 aromatic heterocycles. The Hall–Kier alpha value is -1.66. The number of hydrogen-bond donors (Lipinski definition) is 0. The Kier molecular flexibility index (Phi) is 10.9. The fourth-order valence-corrected chi connectivity index (χ4v) is 8.05. The summed E-state index contributed by atoms with van der Waals surface area (Å²) in [4.78, 5) is 26.7. The molecule has 0 N–H and O–H groups in total.